The lowest BCUT2D eigenvalue weighted by molar-refractivity contribution is 0.660. The van der Waals surface area contributed by atoms with Crippen LogP contribution < -0.4 is 0 Å². The largest absolute Gasteiger partial charge is 0.456 e. The summed E-state index contributed by atoms with van der Waals surface area (Å²) in [5.41, 5.74) is 14.3. The maximum atomic E-state index is 6.79. The van der Waals surface area contributed by atoms with Gasteiger partial charge in [-0.3, -0.25) is 0 Å². The van der Waals surface area contributed by atoms with Crippen LogP contribution in [0.15, 0.2) is 180 Å². The highest BCUT2D eigenvalue weighted by molar-refractivity contribution is 6.22. The van der Waals surface area contributed by atoms with Crippen molar-refractivity contribution in [3.63, 3.8) is 0 Å². The summed E-state index contributed by atoms with van der Waals surface area (Å²) in [4.78, 5) is 15.1. The van der Waals surface area contributed by atoms with Gasteiger partial charge in [0.05, 0.1) is 0 Å². The predicted octanol–water partition coefficient (Wildman–Crippen LogP) is 13.6. The van der Waals surface area contributed by atoms with E-state index in [0.717, 1.165) is 55.3 Å². The third-order valence-electron chi connectivity index (χ3n) is 11.5. The summed E-state index contributed by atoms with van der Waals surface area (Å²) in [5, 5.41) is 4.54. The molecule has 0 spiro atoms. The van der Waals surface area contributed by atoms with Crippen LogP contribution in [0.25, 0.3) is 100 Å². The number of nitrogens with zero attached hydrogens (tertiary/aromatic N) is 3. The lowest BCUT2D eigenvalue weighted by Gasteiger charge is -2.22. The number of aromatic nitrogens is 3. The predicted molar refractivity (Wildman–Crippen MR) is 229 cm³/mol. The molecule has 10 aromatic rings. The van der Waals surface area contributed by atoms with Crippen molar-refractivity contribution in [1.29, 1.82) is 0 Å². The van der Waals surface area contributed by atoms with E-state index in [0.29, 0.717) is 17.5 Å². The van der Waals surface area contributed by atoms with Crippen LogP contribution in [0.5, 0.6) is 0 Å². The van der Waals surface area contributed by atoms with E-state index in [9.17, 15) is 0 Å². The van der Waals surface area contributed by atoms with E-state index in [1.54, 1.807) is 0 Å². The summed E-state index contributed by atoms with van der Waals surface area (Å²) in [6.45, 7) is 4.67. The monoisotopic (exact) mass is 717 g/mol. The van der Waals surface area contributed by atoms with Crippen LogP contribution in [0.2, 0.25) is 0 Å². The van der Waals surface area contributed by atoms with Crippen molar-refractivity contribution in [2.75, 3.05) is 0 Å². The fourth-order valence-corrected chi connectivity index (χ4v) is 8.71. The van der Waals surface area contributed by atoms with Gasteiger partial charge in [0.2, 0.25) is 0 Å². The van der Waals surface area contributed by atoms with E-state index in [2.05, 4.69) is 153 Å². The average molecular weight is 718 g/mol. The molecule has 8 aromatic carbocycles. The molecule has 2 heterocycles. The van der Waals surface area contributed by atoms with Crippen molar-refractivity contribution in [2.24, 2.45) is 0 Å². The number of rotatable bonds is 5. The third kappa shape index (κ3) is 5.10. The minimum Gasteiger partial charge on any atom is -0.456 e. The number of hydrogen-bond acceptors (Lipinski definition) is 4. The van der Waals surface area contributed by atoms with Crippen molar-refractivity contribution >= 4 is 32.7 Å². The maximum absolute atomic E-state index is 6.79. The summed E-state index contributed by atoms with van der Waals surface area (Å²) in [5.74, 6) is 1.83. The first-order valence-corrected chi connectivity index (χ1v) is 19.1. The first-order chi connectivity index (χ1) is 27.5. The van der Waals surface area contributed by atoms with Gasteiger partial charge in [0.15, 0.2) is 17.5 Å². The molecule has 0 saturated heterocycles. The molecule has 1 aliphatic rings. The molecule has 0 N–H and O–H groups in total. The Kier molecular flexibility index (Phi) is 7.17. The number of fused-ring (bicyclic) bond motifs is 8. The molecule has 56 heavy (non-hydrogen) atoms. The summed E-state index contributed by atoms with van der Waals surface area (Å²) in [6.07, 6.45) is 0. The molecule has 0 fully saturated rings. The second-order valence-corrected chi connectivity index (χ2v) is 15.2. The Morgan fingerprint density at radius 3 is 1.73 bits per heavy atom. The molecule has 0 bridgehead atoms. The van der Waals surface area contributed by atoms with E-state index in [4.69, 9.17) is 19.4 Å². The van der Waals surface area contributed by atoms with E-state index < -0.39 is 0 Å². The molecule has 4 heteroatoms. The van der Waals surface area contributed by atoms with E-state index in [1.807, 2.05) is 36.4 Å². The molecule has 0 aliphatic heterocycles. The van der Waals surface area contributed by atoms with Crippen LogP contribution >= 0.6 is 0 Å². The molecule has 0 unspecified atom stereocenters. The van der Waals surface area contributed by atoms with Crippen LogP contribution in [0.3, 0.4) is 0 Å². The Balaban J connectivity index is 1.06. The molecule has 0 amide bonds. The molecule has 0 atom stereocenters. The summed E-state index contributed by atoms with van der Waals surface area (Å²) < 4.78 is 6.79. The zero-order valence-corrected chi connectivity index (χ0v) is 31.0. The highest BCUT2D eigenvalue weighted by atomic mass is 16.3. The first-order valence-electron chi connectivity index (χ1n) is 19.1. The summed E-state index contributed by atoms with van der Waals surface area (Å²) >= 11 is 0. The average Bonchev–Trinajstić information content (AvgIpc) is 3.75. The standard InChI is InChI=1S/C52H35N3O/c1-52(2)44-23-12-11-21-39(44)40-26-24-35(29-45(40)52)43-31-47-48(41-22-10-9-20-38(41)43)42-27-25-37(30-46(42)56-47)51-54-49(33-16-7-4-8-17-33)53-50(55-51)36-19-13-18-34(28-36)32-14-5-3-6-15-32/h3-31H,1-2H3. The fraction of sp³-hybridized carbons (Fsp3) is 0.0577. The summed E-state index contributed by atoms with van der Waals surface area (Å²) in [7, 11) is 0. The Bertz CT molecular complexity index is 3160. The van der Waals surface area contributed by atoms with Crippen LogP contribution in [-0.4, -0.2) is 15.0 Å². The fourth-order valence-electron chi connectivity index (χ4n) is 8.71. The van der Waals surface area contributed by atoms with E-state index >= 15 is 0 Å². The second-order valence-electron chi connectivity index (χ2n) is 15.2. The van der Waals surface area contributed by atoms with Gasteiger partial charge in [0.1, 0.15) is 11.2 Å². The lowest BCUT2D eigenvalue weighted by atomic mass is 9.81. The van der Waals surface area contributed by atoms with Gasteiger partial charge >= 0.3 is 0 Å². The SMILES string of the molecule is CC1(C)c2ccccc2-c2ccc(-c3cc4oc5cc(-c6nc(-c7ccccc7)nc(-c7cccc(-c8ccccc8)c7)n6)ccc5c4c4ccccc34)cc21. The molecule has 2 aromatic heterocycles. The van der Waals surface area contributed by atoms with Crippen molar-refractivity contribution in [3.8, 4) is 67.5 Å². The number of furan rings is 1. The van der Waals surface area contributed by atoms with Gasteiger partial charge in [0.25, 0.3) is 0 Å². The normalized spacial score (nSPS) is 13.0. The quantitative estimate of drug-likeness (QED) is 0.178. The third-order valence-corrected chi connectivity index (χ3v) is 11.5. The van der Waals surface area contributed by atoms with Gasteiger partial charge in [-0.1, -0.05) is 159 Å². The Hall–Kier alpha value is -7.17. The van der Waals surface area contributed by atoms with Crippen molar-refractivity contribution < 1.29 is 4.42 Å². The molecule has 0 radical (unpaired) electrons. The first kappa shape index (κ1) is 32.3. The minimum atomic E-state index is -0.0857. The second kappa shape index (κ2) is 12.4. The Morgan fingerprint density at radius 2 is 0.946 bits per heavy atom. The van der Waals surface area contributed by atoms with Gasteiger partial charge in [-0.2, -0.15) is 0 Å². The zero-order chi connectivity index (χ0) is 37.4. The zero-order valence-electron chi connectivity index (χ0n) is 31.0. The van der Waals surface area contributed by atoms with Crippen LogP contribution in [-0.2, 0) is 5.41 Å². The van der Waals surface area contributed by atoms with E-state index in [-0.39, 0.29) is 5.41 Å². The van der Waals surface area contributed by atoms with Crippen molar-refractivity contribution in [2.45, 2.75) is 19.3 Å². The van der Waals surface area contributed by atoms with Crippen molar-refractivity contribution in [1.82, 2.24) is 15.0 Å². The molecular weight excluding hydrogens is 683 g/mol. The van der Waals surface area contributed by atoms with Crippen LogP contribution in [0, 0.1) is 0 Å². The number of hydrogen-bond donors (Lipinski definition) is 0. The van der Waals surface area contributed by atoms with Crippen LogP contribution in [0.4, 0.5) is 0 Å². The van der Waals surface area contributed by atoms with Crippen LogP contribution in [0.1, 0.15) is 25.0 Å². The molecule has 264 valence electrons. The molecule has 1 aliphatic carbocycles. The van der Waals surface area contributed by atoms with Gasteiger partial charge in [-0.25, -0.2) is 15.0 Å². The minimum absolute atomic E-state index is 0.0857. The smallest absolute Gasteiger partial charge is 0.164 e. The number of benzene rings is 8. The van der Waals surface area contributed by atoms with Crippen molar-refractivity contribution in [3.05, 3.63) is 187 Å². The van der Waals surface area contributed by atoms with Gasteiger partial charge in [-0.15, -0.1) is 0 Å². The Morgan fingerprint density at radius 1 is 0.357 bits per heavy atom. The Labute approximate surface area is 324 Å². The van der Waals surface area contributed by atoms with Gasteiger partial charge in [-0.05, 0) is 85.6 Å². The highest BCUT2D eigenvalue weighted by Gasteiger charge is 2.35. The van der Waals surface area contributed by atoms with Gasteiger partial charge < -0.3 is 4.42 Å². The molecule has 11 rings (SSSR count). The highest BCUT2D eigenvalue weighted by Crippen LogP contribution is 2.50. The molecule has 0 saturated carbocycles. The topological polar surface area (TPSA) is 51.8 Å². The van der Waals surface area contributed by atoms with Gasteiger partial charge in [0, 0.05) is 32.9 Å². The molecule has 4 nitrogen and oxygen atoms in total. The maximum Gasteiger partial charge on any atom is 0.164 e. The molecular formula is C52H35N3O. The lowest BCUT2D eigenvalue weighted by Crippen LogP contribution is -2.14. The van der Waals surface area contributed by atoms with E-state index in [1.165, 1.54) is 38.6 Å². The summed E-state index contributed by atoms with van der Waals surface area (Å²) in [6, 6.07) is 61.9.